The van der Waals surface area contributed by atoms with Gasteiger partial charge in [-0.05, 0) is 17.7 Å². The molecule has 0 fully saturated rings. The third-order valence-electron chi connectivity index (χ3n) is 1.73. The van der Waals surface area contributed by atoms with Crippen molar-refractivity contribution in [3.05, 3.63) is 28.8 Å². The maximum Gasteiger partial charge on any atom is 0.0642 e. The highest BCUT2D eigenvalue weighted by Crippen LogP contribution is 2.24. The van der Waals surface area contributed by atoms with E-state index in [4.69, 9.17) is 17.3 Å². The molecule has 2 N–H and O–H groups in total. The summed E-state index contributed by atoms with van der Waals surface area (Å²) >= 11 is 6.01. The average molecular weight is 185 g/mol. The van der Waals surface area contributed by atoms with Gasteiger partial charge < -0.3 is 10.6 Å². The second-order valence-electron chi connectivity index (χ2n) is 2.88. The normalized spacial score (nSPS) is 10.0. The Hall–Kier alpha value is -0.730. The van der Waals surface area contributed by atoms with Crippen molar-refractivity contribution in [3.63, 3.8) is 0 Å². The Kier molecular flexibility index (Phi) is 2.95. The quantitative estimate of drug-likeness (QED) is 0.761. The van der Waals surface area contributed by atoms with Crippen molar-refractivity contribution in [1.29, 1.82) is 0 Å². The van der Waals surface area contributed by atoms with E-state index in [9.17, 15) is 0 Å². The van der Waals surface area contributed by atoms with Gasteiger partial charge in [0.2, 0.25) is 0 Å². The van der Waals surface area contributed by atoms with Gasteiger partial charge in [-0.2, -0.15) is 0 Å². The van der Waals surface area contributed by atoms with Crippen molar-refractivity contribution in [2.45, 2.75) is 6.54 Å². The first-order chi connectivity index (χ1) is 5.65. The van der Waals surface area contributed by atoms with E-state index in [0.717, 1.165) is 16.3 Å². The summed E-state index contributed by atoms with van der Waals surface area (Å²) in [6, 6.07) is 5.86. The first-order valence-corrected chi connectivity index (χ1v) is 4.18. The maximum absolute atomic E-state index is 6.01. The van der Waals surface area contributed by atoms with E-state index < -0.39 is 0 Å². The second kappa shape index (κ2) is 3.78. The van der Waals surface area contributed by atoms with Gasteiger partial charge in [0.15, 0.2) is 0 Å². The van der Waals surface area contributed by atoms with Crippen molar-refractivity contribution in [3.8, 4) is 0 Å². The van der Waals surface area contributed by atoms with Gasteiger partial charge in [0.1, 0.15) is 0 Å². The van der Waals surface area contributed by atoms with Crippen LogP contribution in [-0.4, -0.2) is 14.1 Å². The molecule has 0 unspecified atom stereocenters. The minimum atomic E-state index is 0.535. The van der Waals surface area contributed by atoms with Gasteiger partial charge in [-0.25, -0.2) is 0 Å². The Morgan fingerprint density at radius 3 is 2.50 bits per heavy atom. The van der Waals surface area contributed by atoms with E-state index in [1.165, 1.54) is 0 Å². The summed E-state index contributed by atoms with van der Waals surface area (Å²) in [7, 11) is 3.92. The summed E-state index contributed by atoms with van der Waals surface area (Å²) in [6.45, 7) is 0.535. The molecule has 0 heterocycles. The summed E-state index contributed by atoms with van der Waals surface area (Å²) in [5.41, 5.74) is 7.56. The zero-order valence-corrected chi connectivity index (χ0v) is 8.10. The highest BCUT2D eigenvalue weighted by molar-refractivity contribution is 6.33. The molecule has 66 valence electrons. The topological polar surface area (TPSA) is 29.3 Å². The summed E-state index contributed by atoms with van der Waals surface area (Å²) in [5.74, 6) is 0. The van der Waals surface area contributed by atoms with Crippen molar-refractivity contribution in [2.24, 2.45) is 5.73 Å². The molecule has 0 saturated carbocycles. The van der Waals surface area contributed by atoms with E-state index >= 15 is 0 Å². The van der Waals surface area contributed by atoms with Gasteiger partial charge in [-0.1, -0.05) is 17.7 Å². The molecule has 0 radical (unpaired) electrons. The molecule has 0 bridgehead atoms. The highest BCUT2D eigenvalue weighted by Gasteiger charge is 2.01. The Morgan fingerprint density at radius 1 is 1.42 bits per heavy atom. The maximum atomic E-state index is 6.01. The minimum Gasteiger partial charge on any atom is -0.376 e. The molecule has 0 amide bonds. The average Bonchev–Trinajstić information content (AvgIpc) is 2.03. The number of anilines is 1. The predicted molar refractivity (Wildman–Crippen MR) is 53.7 cm³/mol. The van der Waals surface area contributed by atoms with Crippen molar-refractivity contribution < 1.29 is 0 Å². The molecule has 0 aliphatic rings. The molecule has 0 saturated heterocycles. The van der Waals surface area contributed by atoms with E-state index in [1.807, 2.05) is 37.2 Å². The third kappa shape index (κ3) is 1.90. The van der Waals surface area contributed by atoms with Crippen molar-refractivity contribution in [1.82, 2.24) is 0 Å². The van der Waals surface area contributed by atoms with E-state index in [-0.39, 0.29) is 0 Å². The van der Waals surface area contributed by atoms with Gasteiger partial charge >= 0.3 is 0 Å². The van der Waals surface area contributed by atoms with Crippen LogP contribution in [0.5, 0.6) is 0 Å². The minimum absolute atomic E-state index is 0.535. The largest absolute Gasteiger partial charge is 0.376 e. The van der Waals surface area contributed by atoms with E-state index in [2.05, 4.69) is 0 Å². The predicted octanol–water partition coefficient (Wildman–Crippen LogP) is 1.86. The van der Waals surface area contributed by atoms with Gasteiger partial charge in [0.05, 0.1) is 10.7 Å². The lowest BCUT2D eigenvalue weighted by atomic mass is 10.2. The summed E-state index contributed by atoms with van der Waals surface area (Å²) in [4.78, 5) is 1.97. The van der Waals surface area contributed by atoms with Crippen molar-refractivity contribution in [2.75, 3.05) is 19.0 Å². The second-order valence-corrected chi connectivity index (χ2v) is 3.29. The first-order valence-electron chi connectivity index (χ1n) is 3.81. The lowest BCUT2D eigenvalue weighted by Gasteiger charge is -2.14. The smallest absolute Gasteiger partial charge is 0.0642 e. The number of hydrogen-bond acceptors (Lipinski definition) is 2. The molecule has 0 atom stereocenters. The standard InChI is InChI=1S/C9H13ClN2/c1-12(2)9-4-3-7(6-11)5-8(9)10/h3-5H,6,11H2,1-2H3. The number of hydrogen-bond donors (Lipinski definition) is 1. The van der Waals surface area contributed by atoms with Gasteiger partial charge in [-0.3, -0.25) is 0 Å². The number of benzene rings is 1. The van der Waals surface area contributed by atoms with Crippen molar-refractivity contribution >= 4 is 17.3 Å². The zero-order valence-electron chi connectivity index (χ0n) is 7.34. The number of nitrogens with zero attached hydrogens (tertiary/aromatic N) is 1. The molecule has 1 rings (SSSR count). The molecule has 2 nitrogen and oxygen atoms in total. The Morgan fingerprint density at radius 2 is 2.08 bits per heavy atom. The Labute approximate surface area is 77.9 Å². The summed E-state index contributed by atoms with van der Waals surface area (Å²) < 4.78 is 0. The molecule has 12 heavy (non-hydrogen) atoms. The van der Waals surface area contributed by atoms with Crippen LogP contribution in [0, 0.1) is 0 Å². The molecular formula is C9H13ClN2. The van der Waals surface area contributed by atoms with E-state index in [1.54, 1.807) is 0 Å². The van der Waals surface area contributed by atoms with Crippen LogP contribution in [0.1, 0.15) is 5.56 Å². The van der Waals surface area contributed by atoms with Gasteiger partial charge in [0.25, 0.3) is 0 Å². The fourth-order valence-electron chi connectivity index (χ4n) is 1.04. The summed E-state index contributed by atoms with van der Waals surface area (Å²) in [6.07, 6.45) is 0. The molecule has 0 aromatic heterocycles. The molecule has 0 aliphatic carbocycles. The molecule has 3 heteroatoms. The van der Waals surface area contributed by atoms with Crippen LogP contribution >= 0.6 is 11.6 Å². The Bertz CT molecular complexity index is 271. The Balaban J connectivity index is 3.03. The molecule has 1 aromatic rings. The molecule has 0 spiro atoms. The molecule has 0 aliphatic heterocycles. The first kappa shape index (κ1) is 9.36. The monoisotopic (exact) mass is 184 g/mol. The van der Waals surface area contributed by atoms with Crippen LogP contribution in [0.2, 0.25) is 5.02 Å². The number of halogens is 1. The van der Waals surface area contributed by atoms with Crippen LogP contribution in [0.25, 0.3) is 0 Å². The van der Waals surface area contributed by atoms with Crippen LogP contribution in [-0.2, 0) is 6.54 Å². The fourth-order valence-corrected chi connectivity index (χ4v) is 1.41. The number of rotatable bonds is 2. The van der Waals surface area contributed by atoms with E-state index in [0.29, 0.717) is 6.54 Å². The van der Waals surface area contributed by atoms with Crippen LogP contribution in [0.15, 0.2) is 18.2 Å². The fraction of sp³-hybridized carbons (Fsp3) is 0.333. The lowest BCUT2D eigenvalue weighted by molar-refractivity contribution is 1.06. The third-order valence-corrected chi connectivity index (χ3v) is 2.03. The lowest BCUT2D eigenvalue weighted by Crippen LogP contribution is -2.09. The molecular weight excluding hydrogens is 172 g/mol. The highest BCUT2D eigenvalue weighted by atomic mass is 35.5. The van der Waals surface area contributed by atoms with Gasteiger partial charge in [0, 0.05) is 20.6 Å². The summed E-state index contributed by atoms with van der Waals surface area (Å²) in [5, 5.41) is 0.753. The van der Waals surface area contributed by atoms with Crippen LogP contribution < -0.4 is 10.6 Å². The van der Waals surface area contributed by atoms with Gasteiger partial charge in [-0.15, -0.1) is 0 Å². The van der Waals surface area contributed by atoms with Crippen LogP contribution in [0.4, 0.5) is 5.69 Å². The molecule has 1 aromatic carbocycles. The van der Waals surface area contributed by atoms with Crippen LogP contribution in [0.3, 0.4) is 0 Å². The SMILES string of the molecule is CN(C)c1ccc(CN)cc1Cl. The zero-order chi connectivity index (χ0) is 9.14. The number of nitrogens with two attached hydrogens (primary N) is 1.